The lowest BCUT2D eigenvalue weighted by molar-refractivity contribution is -0.148. The number of nitrogens with zero attached hydrogens (tertiary/aromatic N) is 3. The maximum absolute atomic E-state index is 12.7. The Labute approximate surface area is 169 Å². The minimum absolute atomic E-state index is 0.0566. The van der Waals surface area contributed by atoms with Crippen LogP contribution in [-0.2, 0) is 11.3 Å². The standard InChI is InChI=1S/C21H27N5O3/c27-20-3-1-2-17-14-8-15(10-23-9-14)18(26(17)20)11-24-21(28)19-5-4-16(29-19)12-25-7-6-22-13-25/h4-7,13-15,17-18,23H,1-3,8-12H2,(H,24,28)/t14-,15+,17+,18+/m1/s1. The van der Waals surface area contributed by atoms with Gasteiger partial charge < -0.3 is 24.5 Å². The van der Waals surface area contributed by atoms with Crippen molar-refractivity contribution in [2.24, 2.45) is 11.8 Å². The van der Waals surface area contributed by atoms with Gasteiger partial charge in [-0.25, -0.2) is 4.98 Å². The zero-order valence-electron chi connectivity index (χ0n) is 16.4. The molecule has 2 N–H and O–H groups in total. The first-order valence-corrected chi connectivity index (χ1v) is 10.5. The molecule has 154 valence electrons. The molecule has 3 fully saturated rings. The molecule has 0 aliphatic carbocycles. The predicted octanol–water partition coefficient (Wildman–Crippen LogP) is 1.24. The summed E-state index contributed by atoms with van der Waals surface area (Å²) in [6.45, 7) is 2.91. The van der Waals surface area contributed by atoms with Crippen LogP contribution < -0.4 is 10.6 Å². The number of carbonyl (C=O) groups is 2. The number of furan rings is 1. The molecule has 8 nitrogen and oxygen atoms in total. The van der Waals surface area contributed by atoms with Crippen LogP contribution in [-0.4, -0.2) is 58.0 Å². The summed E-state index contributed by atoms with van der Waals surface area (Å²) in [5.41, 5.74) is 0. The van der Waals surface area contributed by atoms with Gasteiger partial charge in [-0.05, 0) is 49.8 Å². The number of aromatic nitrogens is 2. The molecule has 5 heterocycles. The highest BCUT2D eigenvalue weighted by Gasteiger charge is 2.47. The number of amides is 2. The van der Waals surface area contributed by atoms with Crippen LogP contribution in [0.5, 0.6) is 0 Å². The van der Waals surface area contributed by atoms with Crippen LogP contribution in [0.2, 0.25) is 0 Å². The highest BCUT2D eigenvalue weighted by atomic mass is 16.4. The Morgan fingerprint density at radius 1 is 1.31 bits per heavy atom. The van der Waals surface area contributed by atoms with Gasteiger partial charge in [-0.3, -0.25) is 9.59 Å². The molecular weight excluding hydrogens is 370 g/mol. The third-order valence-electron chi connectivity index (χ3n) is 6.65. The number of carbonyl (C=O) groups excluding carboxylic acids is 2. The second kappa shape index (κ2) is 7.67. The van der Waals surface area contributed by atoms with Gasteiger partial charge in [0.25, 0.3) is 5.91 Å². The van der Waals surface area contributed by atoms with Gasteiger partial charge in [-0.2, -0.15) is 0 Å². The van der Waals surface area contributed by atoms with Crippen LogP contribution in [0.15, 0.2) is 35.3 Å². The van der Waals surface area contributed by atoms with E-state index in [0.29, 0.717) is 48.9 Å². The average molecular weight is 397 g/mol. The highest BCUT2D eigenvalue weighted by Crippen LogP contribution is 2.39. The number of hydrogen-bond donors (Lipinski definition) is 2. The van der Waals surface area contributed by atoms with E-state index in [1.165, 1.54) is 0 Å². The average Bonchev–Trinajstić information content (AvgIpc) is 3.41. The van der Waals surface area contributed by atoms with Gasteiger partial charge in [-0.1, -0.05) is 0 Å². The number of imidazole rings is 1. The molecule has 8 heteroatoms. The summed E-state index contributed by atoms with van der Waals surface area (Å²) in [5, 5.41) is 6.56. The Kier molecular flexibility index (Phi) is 4.87. The van der Waals surface area contributed by atoms with E-state index < -0.39 is 0 Å². The molecule has 3 aliphatic heterocycles. The van der Waals surface area contributed by atoms with E-state index in [-0.39, 0.29) is 17.9 Å². The van der Waals surface area contributed by atoms with Crippen molar-refractivity contribution in [2.75, 3.05) is 19.6 Å². The summed E-state index contributed by atoms with van der Waals surface area (Å²) >= 11 is 0. The number of rotatable bonds is 5. The fourth-order valence-electron chi connectivity index (χ4n) is 5.33. The molecule has 0 unspecified atom stereocenters. The van der Waals surface area contributed by atoms with E-state index in [0.717, 1.165) is 32.4 Å². The first-order chi connectivity index (χ1) is 14.2. The Morgan fingerprint density at radius 2 is 2.21 bits per heavy atom. The van der Waals surface area contributed by atoms with Crippen LogP contribution in [0.3, 0.4) is 0 Å². The molecule has 2 aromatic rings. The van der Waals surface area contributed by atoms with Crippen molar-refractivity contribution in [2.45, 2.75) is 44.3 Å². The van der Waals surface area contributed by atoms with Gasteiger partial charge in [0.1, 0.15) is 5.76 Å². The van der Waals surface area contributed by atoms with Gasteiger partial charge in [0.2, 0.25) is 5.91 Å². The van der Waals surface area contributed by atoms with Crippen LogP contribution in [0.25, 0.3) is 0 Å². The number of fused-ring (bicyclic) bond motifs is 4. The van der Waals surface area contributed by atoms with Crippen LogP contribution in [0.4, 0.5) is 0 Å². The van der Waals surface area contributed by atoms with Crippen molar-refractivity contribution < 1.29 is 14.0 Å². The van der Waals surface area contributed by atoms with Crippen LogP contribution in [0.1, 0.15) is 42.0 Å². The number of piperidine rings is 3. The summed E-state index contributed by atoms with van der Waals surface area (Å²) in [6.07, 6.45) is 9.09. The SMILES string of the molecule is O=C(NC[C@H]1[C@@H]2CNC[C@@H](C2)[C@@H]2CCCC(=O)N21)c1ccc(Cn2ccnc2)o1. The molecule has 29 heavy (non-hydrogen) atoms. The third-order valence-corrected chi connectivity index (χ3v) is 6.65. The summed E-state index contributed by atoms with van der Waals surface area (Å²) in [4.78, 5) is 31.5. The molecule has 2 bridgehead atoms. The van der Waals surface area contributed by atoms with Crippen LogP contribution in [0, 0.1) is 11.8 Å². The van der Waals surface area contributed by atoms with Crippen molar-refractivity contribution in [3.05, 3.63) is 42.4 Å². The van der Waals surface area contributed by atoms with E-state index in [1.54, 1.807) is 18.6 Å². The molecule has 0 spiro atoms. The van der Waals surface area contributed by atoms with Crippen molar-refractivity contribution in [3.63, 3.8) is 0 Å². The van der Waals surface area contributed by atoms with Crippen molar-refractivity contribution in [1.29, 1.82) is 0 Å². The number of nitrogens with one attached hydrogen (secondary N) is 2. The smallest absolute Gasteiger partial charge is 0.287 e. The molecule has 0 radical (unpaired) electrons. The summed E-state index contributed by atoms with van der Waals surface area (Å²) in [6, 6.07) is 3.89. The molecule has 5 rings (SSSR count). The lowest BCUT2D eigenvalue weighted by Crippen LogP contribution is -2.66. The zero-order chi connectivity index (χ0) is 19.8. The molecule has 0 aromatic carbocycles. The van der Waals surface area contributed by atoms with Crippen LogP contribution >= 0.6 is 0 Å². The number of hydrogen-bond acceptors (Lipinski definition) is 5. The molecule has 4 atom stereocenters. The van der Waals surface area contributed by atoms with Gasteiger partial charge in [0.15, 0.2) is 5.76 Å². The largest absolute Gasteiger partial charge is 0.454 e. The van der Waals surface area contributed by atoms with E-state index >= 15 is 0 Å². The van der Waals surface area contributed by atoms with E-state index in [4.69, 9.17) is 4.42 Å². The maximum Gasteiger partial charge on any atom is 0.287 e. The monoisotopic (exact) mass is 397 g/mol. The second-order valence-corrected chi connectivity index (χ2v) is 8.45. The van der Waals surface area contributed by atoms with E-state index in [9.17, 15) is 9.59 Å². The Balaban J connectivity index is 1.25. The lowest BCUT2D eigenvalue weighted by atomic mass is 9.72. The van der Waals surface area contributed by atoms with Gasteiger partial charge in [0, 0.05) is 37.9 Å². The molecule has 0 saturated carbocycles. The van der Waals surface area contributed by atoms with Crippen molar-refractivity contribution in [3.8, 4) is 0 Å². The van der Waals surface area contributed by atoms with Crippen molar-refractivity contribution >= 4 is 11.8 Å². The van der Waals surface area contributed by atoms with Gasteiger partial charge >= 0.3 is 0 Å². The first-order valence-electron chi connectivity index (χ1n) is 10.5. The molecule has 3 aliphatic rings. The van der Waals surface area contributed by atoms with Crippen molar-refractivity contribution in [1.82, 2.24) is 25.1 Å². The highest BCUT2D eigenvalue weighted by molar-refractivity contribution is 5.91. The minimum atomic E-state index is -0.228. The minimum Gasteiger partial charge on any atom is -0.454 e. The Morgan fingerprint density at radius 3 is 3.07 bits per heavy atom. The fraction of sp³-hybridized carbons (Fsp3) is 0.571. The molecule has 3 saturated heterocycles. The molecular formula is C21H27N5O3. The maximum atomic E-state index is 12.7. The first kappa shape index (κ1) is 18.4. The Hall–Kier alpha value is -2.61. The van der Waals surface area contributed by atoms with Gasteiger partial charge in [-0.15, -0.1) is 0 Å². The summed E-state index contributed by atoms with van der Waals surface area (Å²) in [5.74, 6) is 1.96. The second-order valence-electron chi connectivity index (χ2n) is 8.45. The van der Waals surface area contributed by atoms with Gasteiger partial charge in [0.05, 0.1) is 18.9 Å². The fourth-order valence-corrected chi connectivity index (χ4v) is 5.33. The zero-order valence-corrected chi connectivity index (χ0v) is 16.4. The van der Waals surface area contributed by atoms with E-state index in [2.05, 4.69) is 20.5 Å². The lowest BCUT2D eigenvalue weighted by Gasteiger charge is -2.54. The summed E-state index contributed by atoms with van der Waals surface area (Å²) < 4.78 is 7.60. The third kappa shape index (κ3) is 3.57. The Bertz CT molecular complexity index is 877. The topological polar surface area (TPSA) is 92.4 Å². The molecule has 2 amide bonds. The molecule has 2 aromatic heterocycles. The normalized spacial score (nSPS) is 28.8. The summed E-state index contributed by atoms with van der Waals surface area (Å²) in [7, 11) is 0. The quantitative estimate of drug-likeness (QED) is 0.792. The predicted molar refractivity (Wildman–Crippen MR) is 105 cm³/mol. The van der Waals surface area contributed by atoms with E-state index in [1.807, 2.05) is 16.8 Å².